The Labute approximate surface area is 101 Å². The van der Waals surface area contributed by atoms with Crippen LogP contribution >= 0.6 is 11.8 Å². The smallest absolute Gasteiger partial charge is 0.115 e. The molecule has 1 fully saturated rings. The zero-order valence-electron chi connectivity index (χ0n) is 9.48. The van der Waals surface area contributed by atoms with Crippen LogP contribution in [0.1, 0.15) is 19.3 Å². The Bertz CT molecular complexity index is 306. The molecule has 0 aromatic heterocycles. The van der Waals surface area contributed by atoms with Gasteiger partial charge in [0.2, 0.25) is 0 Å². The molecule has 1 saturated heterocycles. The number of thioether (sulfide) groups is 1. The molecule has 1 aromatic carbocycles. The molecule has 0 amide bonds. The van der Waals surface area contributed by atoms with E-state index in [0.717, 1.165) is 5.92 Å². The fourth-order valence-corrected chi connectivity index (χ4v) is 3.07. The number of phenolic OH excluding ortho intramolecular Hbond substituents is 1. The van der Waals surface area contributed by atoms with E-state index in [9.17, 15) is 0 Å². The number of piperidine rings is 1. The fraction of sp³-hybridized carbons (Fsp3) is 0.538. The highest BCUT2D eigenvalue weighted by Crippen LogP contribution is 2.24. The summed E-state index contributed by atoms with van der Waals surface area (Å²) in [6.07, 6.45) is 4.00. The lowest BCUT2D eigenvalue weighted by molar-refractivity contribution is 0.371. The Morgan fingerprint density at radius 1 is 1.31 bits per heavy atom. The van der Waals surface area contributed by atoms with Gasteiger partial charge in [0.05, 0.1) is 0 Å². The minimum Gasteiger partial charge on any atom is -0.508 e. The van der Waals surface area contributed by atoms with Gasteiger partial charge in [0.15, 0.2) is 0 Å². The lowest BCUT2D eigenvalue weighted by atomic mass is 9.97. The van der Waals surface area contributed by atoms with Crippen LogP contribution in [-0.2, 0) is 0 Å². The van der Waals surface area contributed by atoms with Crippen LogP contribution in [0.5, 0.6) is 5.75 Å². The van der Waals surface area contributed by atoms with E-state index < -0.39 is 0 Å². The zero-order chi connectivity index (χ0) is 11.2. The van der Waals surface area contributed by atoms with E-state index in [4.69, 9.17) is 5.11 Å². The van der Waals surface area contributed by atoms with Crippen molar-refractivity contribution in [3.63, 3.8) is 0 Å². The van der Waals surface area contributed by atoms with Crippen LogP contribution in [0, 0.1) is 5.92 Å². The summed E-state index contributed by atoms with van der Waals surface area (Å²) in [5.74, 6) is 2.39. The predicted molar refractivity (Wildman–Crippen MR) is 69.0 cm³/mol. The second-order valence-electron chi connectivity index (χ2n) is 4.34. The van der Waals surface area contributed by atoms with Crippen molar-refractivity contribution in [3.05, 3.63) is 24.3 Å². The maximum atomic E-state index is 9.17. The summed E-state index contributed by atoms with van der Waals surface area (Å²) in [7, 11) is 0. The molecular weight excluding hydrogens is 218 g/mol. The van der Waals surface area contributed by atoms with Gasteiger partial charge in [-0.25, -0.2) is 0 Å². The third kappa shape index (κ3) is 3.72. The van der Waals surface area contributed by atoms with Gasteiger partial charge in [0, 0.05) is 4.90 Å². The Morgan fingerprint density at radius 3 is 2.81 bits per heavy atom. The van der Waals surface area contributed by atoms with Crippen molar-refractivity contribution in [2.45, 2.75) is 24.2 Å². The highest BCUT2D eigenvalue weighted by molar-refractivity contribution is 7.99. The second kappa shape index (κ2) is 6.16. The molecule has 2 N–H and O–H groups in total. The fourth-order valence-electron chi connectivity index (χ4n) is 2.06. The number of nitrogens with one attached hydrogen (secondary N) is 1. The molecule has 88 valence electrons. The first kappa shape index (κ1) is 11.8. The van der Waals surface area contributed by atoms with Crippen molar-refractivity contribution < 1.29 is 5.11 Å². The van der Waals surface area contributed by atoms with Crippen LogP contribution in [0.3, 0.4) is 0 Å². The monoisotopic (exact) mass is 237 g/mol. The largest absolute Gasteiger partial charge is 0.508 e. The first-order valence-electron chi connectivity index (χ1n) is 5.97. The third-order valence-corrected chi connectivity index (χ3v) is 4.08. The molecule has 1 atom stereocenters. The molecule has 2 nitrogen and oxygen atoms in total. The molecule has 1 unspecified atom stereocenters. The zero-order valence-corrected chi connectivity index (χ0v) is 10.3. The minimum absolute atomic E-state index is 0.348. The lowest BCUT2D eigenvalue weighted by Gasteiger charge is -2.22. The van der Waals surface area contributed by atoms with Crippen LogP contribution in [-0.4, -0.2) is 23.9 Å². The third-order valence-electron chi connectivity index (χ3n) is 3.03. The van der Waals surface area contributed by atoms with Crippen molar-refractivity contribution in [1.82, 2.24) is 5.32 Å². The molecule has 1 aliphatic heterocycles. The van der Waals surface area contributed by atoms with Gasteiger partial charge in [0.1, 0.15) is 5.75 Å². The Hall–Kier alpha value is -0.670. The summed E-state index contributed by atoms with van der Waals surface area (Å²) >= 11 is 1.88. The van der Waals surface area contributed by atoms with Crippen LogP contribution in [0.25, 0.3) is 0 Å². The Morgan fingerprint density at radius 2 is 2.12 bits per heavy atom. The van der Waals surface area contributed by atoms with Crippen molar-refractivity contribution in [1.29, 1.82) is 0 Å². The van der Waals surface area contributed by atoms with E-state index in [1.54, 1.807) is 12.1 Å². The molecule has 0 aliphatic carbocycles. The summed E-state index contributed by atoms with van der Waals surface area (Å²) in [4.78, 5) is 1.25. The molecule has 1 aromatic rings. The van der Waals surface area contributed by atoms with E-state index >= 15 is 0 Å². The van der Waals surface area contributed by atoms with Crippen LogP contribution in [0.15, 0.2) is 29.2 Å². The average Bonchev–Trinajstić information content (AvgIpc) is 2.33. The van der Waals surface area contributed by atoms with E-state index in [0.29, 0.717) is 5.75 Å². The van der Waals surface area contributed by atoms with Crippen molar-refractivity contribution in [2.75, 3.05) is 18.8 Å². The molecule has 0 bridgehead atoms. The van der Waals surface area contributed by atoms with E-state index in [-0.39, 0.29) is 0 Å². The molecule has 16 heavy (non-hydrogen) atoms. The molecule has 2 rings (SSSR count). The summed E-state index contributed by atoms with van der Waals surface area (Å²) in [6.45, 7) is 2.39. The van der Waals surface area contributed by atoms with Crippen LogP contribution < -0.4 is 5.32 Å². The minimum atomic E-state index is 0.348. The van der Waals surface area contributed by atoms with Gasteiger partial charge in [-0.2, -0.15) is 0 Å². The Balaban J connectivity index is 1.69. The quantitative estimate of drug-likeness (QED) is 0.790. The number of rotatable bonds is 4. The van der Waals surface area contributed by atoms with Gasteiger partial charge >= 0.3 is 0 Å². The average molecular weight is 237 g/mol. The second-order valence-corrected chi connectivity index (χ2v) is 5.51. The van der Waals surface area contributed by atoms with E-state index in [1.807, 2.05) is 23.9 Å². The molecule has 1 heterocycles. The molecule has 0 radical (unpaired) electrons. The summed E-state index contributed by atoms with van der Waals surface area (Å²) < 4.78 is 0. The van der Waals surface area contributed by atoms with Gasteiger partial charge < -0.3 is 10.4 Å². The maximum Gasteiger partial charge on any atom is 0.115 e. The number of hydrogen-bond acceptors (Lipinski definition) is 3. The van der Waals surface area contributed by atoms with Gasteiger partial charge in [-0.1, -0.05) is 0 Å². The first-order chi connectivity index (χ1) is 7.84. The first-order valence-corrected chi connectivity index (χ1v) is 6.96. The SMILES string of the molecule is Oc1ccc(SCCC2CCCNC2)cc1. The van der Waals surface area contributed by atoms with Gasteiger partial charge in [-0.15, -0.1) is 11.8 Å². The van der Waals surface area contributed by atoms with Crippen LogP contribution in [0.4, 0.5) is 0 Å². The van der Waals surface area contributed by atoms with Gasteiger partial charge in [0.25, 0.3) is 0 Å². The number of hydrogen-bond donors (Lipinski definition) is 2. The molecule has 0 saturated carbocycles. The highest BCUT2D eigenvalue weighted by Gasteiger charge is 2.12. The standard InChI is InChI=1S/C13H19NOS/c15-12-3-5-13(6-4-12)16-9-7-11-2-1-8-14-10-11/h3-6,11,14-15H,1-2,7-10H2. The van der Waals surface area contributed by atoms with Crippen molar-refractivity contribution in [2.24, 2.45) is 5.92 Å². The molecule has 3 heteroatoms. The molecular formula is C13H19NOS. The Kier molecular flexibility index (Phi) is 4.55. The number of phenols is 1. The predicted octanol–water partition coefficient (Wildman–Crippen LogP) is 2.87. The normalized spacial score (nSPS) is 20.9. The van der Waals surface area contributed by atoms with Gasteiger partial charge in [-0.05, 0) is 68.3 Å². The summed E-state index contributed by atoms with van der Waals surface area (Å²) in [5, 5.41) is 12.6. The highest BCUT2D eigenvalue weighted by atomic mass is 32.2. The topological polar surface area (TPSA) is 32.3 Å². The number of benzene rings is 1. The van der Waals surface area contributed by atoms with Crippen LogP contribution in [0.2, 0.25) is 0 Å². The molecule has 0 spiro atoms. The lowest BCUT2D eigenvalue weighted by Crippen LogP contribution is -2.29. The molecule has 1 aliphatic rings. The summed E-state index contributed by atoms with van der Waals surface area (Å²) in [6, 6.07) is 7.48. The van der Waals surface area contributed by atoms with E-state index in [2.05, 4.69) is 5.32 Å². The number of aromatic hydroxyl groups is 1. The van der Waals surface area contributed by atoms with Crippen molar-refractivity contribution in [3.8, 4) is 5.75 Å². The summed E-state index contributed by atoms with van der Waals surface area (Å²) in [5.41, 5.74) is 0. The maximum absolute atomic E-state index is 9.17. The van der Waals surface area contributed by atoms with E-state index in [1.165, 1.54) is 43.0 Å². The van der Waals surface area contributed by atoms with Crippen molar-refractivity contribution >= 4 is 11.8 Å². The van der Waals surface area contributed by atoms with Gasteiger partial charge in [-0.3, -0.25) is 0 Å².